The molecule has 2 atom stereocenters. The maximum Gasteiger partial charge on any atom is 0.268 e. The first-order valence-electron chi connectivity index (χ1n) is 8.99. The van der Waals surface area contributed by atoms with Gasteiger partial charge in [-0.25, -0.2) is 5.48 Å². The quantitative estimate of drug-likeness (QED) is 0.223. The summed E-state index contributed by atoms with van der Waals surface area (Å²) in [6.07, 6.45) is -1.20. The molecule has 9 heteroatoms. The summed E-state index contributed by atoms with van der Waals surface area (Å²) in [5.74, 6) is 4.04. The van der Waals surface area contributed by atoms with Gasteiger partial charge in [-0.05, 0) is 43.3 Å². The highest BCUT2D eigenvalue weighted by molar-refractivity contribution is 5.97. The number of hydrogen-bond acceptors (Lipinski definition) is 6. The van der Waals surface area contributed by atoms with Crippen LogP contribution in [0.2, 0.25) is 0 Å². The van der Waals surface area contributed by atoms with Gasteiger partial charge in [-0.2, -0.15) is 0 Å². The zero-order valence-electron chi connectivity index (χ0n) is 16.2. The van der Waals surface area contributed by atoms with Crippen molar-refractivity contribution < 1.29 is 24.7 Å². The molecule has 0 saturated heterocycles. The molecule has 156 valence electrons. The lowest BCUT2D eigenvalue weighted by molar-refractivity contribution is -0.133. The Morgan fingerprint density at radius 2 is 1.73 bits per heavy atom. The first kappa shape index (κ1) is 22.6. The molecule has 0 bridgehead atoms. The van der Waals surface area contributed by atoms with Gasteiger partial charge in [0.15, 0.2) is 0 Å². The third-order valence-corrected chi connectivity index (χ3v) is 4.04. The van der Waals surface area contributed by atoms with Gasteiger partial charge in [0.2, 0.25) is 5.91 Å². The molecule has 0 radical (unpaired) electrons. The number of anilines is 1. The van der Waals surface area contributed by atoms with E-state index in [1.165, 1.54) is 24.5 Å². The molecule has 3 amide bonds. The fourth-order valence-corrected chi connectivity index (χ4v) is 2.45. The number of nitrogens with one attached hydrogen (secondary N) is 3. The van der Waals surface area contributed by atoms with E-state index in [0.717, 1.165) is 0 Å². The first-order chi connectivity index (χ1) is 14.3. The number of carbonyl (C=O) groups is 3. The normalized spacial score (nSPS) is 12.0. The van der Waals surface area contributed by atoms with E-state index in [0.29, 0.717) is 16.8 Å². The van der Waals surface area contributed by atoms with Gasteiger partial charge in [0, 0.05) is 16.7 Å². The van der Waals surface area contributed by atoms with E-state index >= 15 is 0 Å². The average molecular weight is 410 g/mol. The Morgan fingerprint density at radius 1 is 1.07 bits per heavy atom. The minimum atomic E-state index is -1.30. The van der Waals surface area contributed by atoms with Crippen LogP contribution >= 0.6 is 0 Å². The van der Waals surface area contributed by atoms with Crippen molar-refractivity contribution in [3.8, 4) is 11.8 Å². The van der Waals surface area contributed by atoms with Crippen LogP contribution in [-0.4, -0.2) is 46.7 Å². The molecular weight excluding hydrogens is 388 g/mol. The number of benzene rings is 2. The van der Waals surface area contributed by atoms with Crippen LogP contribution in [0, 0.1) is 11.8 Å². The Balaban J connectivity index is 2.14. The molecule has 0 aliphatic rings. The molecule has 2 aromatic carbocycles. The van der Waals surface area contributed by atoms with Gasteiger partial charge in [-0.3, -0.25) is 19.6 Å². The lowest BCUT2D eigenvalue weighted by Crippen LogP contribution is -2.51. The molecule has 0 spiro atoms. The summed E-state index contributed by atoms with van der Waals surface area (Å²) in [6, 6.07) is 12.0. The van der Waals surface area contributed by atoms with E-state index in [9.17, 15) is 19.5 Å². The maximum absolute atomic E-state index is 12.3. The number of rotatable bonds is 6. The lowest BCUT2D eigenvalue weighted by Gasteiger charge is -2.19. The van der Waals surface area contributed by atoms with Gasteiger partial charge >= 0.3 is 0 Å². The minimum Gasteiger partial charge on any atom is -0.391 e. The Kier molecular flexibility index (Phi) is 8.08. The summed E-state index contributed by atoms with van der Waals surface area (Å²) in [4.78, 5) is 35.3. The Hall–Kier alpha value is -3.71. The topological polar surface area (TPSA) is 154 Å². The average Bonchev–Trinajstić information content (AvgIpc) is 2.76. The number of nitrogens with two attached hydrogens (primary N) is 1. The lowest BCUT2D eigenvalue weighted by atomic mass is 10.1. The van der Waals surface area contributed by atoms with Crippen LogP contribution in [0.5, 0.6) is 0 Å². The highest BCUT2D eigenvalue weighted by atomic mass is 16.5. The Morgan fingerprint density at radius 3 is 2.33 bits per heavy atom. The van der Waals surface area contributed by atoms with E-state index < -0.39 is 24.0 Å². The number of carbonyl (C=O) groups excluding carboxylic acids is 3. The van der Waals surface area contributed by atoms with Gasteiger partial charge in [-0.15, -0.1) is 0 Å². The number of hydroxylamine groups is 1. The number of para-hydroxylation sites is 1. The van der Waals surface area contributed by atoms with Crippen LogP contribution in [0.3, 0.4) is 0 Å². The predicted octanol–water partition coefficient (Wildman–Crippen LogP) is -0.0318. The number of amides is 3. The molecule has 2 aromatic rings. The van der Waals surface area contributed by atoms with Crippen molar-refractivity contribution in [2.45, 2.75) is 19.1 Å². The fourth-order valence-electron chi connectivity index (χ4n) is 2.45. The summed E-state index contributed by atoms with van der Waals surface area (Å²) in [5, 5.41) is 23.3. The molecule has 0 saturated carbocycles. The number of aliphatic hydroxyl groups excluding tert-OH is 1. The SMILES string of the molecule is C[C@@H](O)[C@H](NC(=O)c1ccc(C#Cc2ccccc2NC(=O)CN)cc1)C(=O)NO. The van der Waals surface area contributed by atoms with Crippen LogP contribution < -0.4 is 21.8 Å². The van der Waals surface area contributed by atoms with Crippen molar-refractivity contribution >= 4 is 23.4 Å². The predicted molar refractivity (Wildman–Crippen MR) is 109 cm³/mol. The number of hydrogen-bond donors (Lipinski definition) is 6. The van der Waals surface area contributed by atoms with Crippen LogP contribution in [0.25, 0.3) is 0 Å². The fraction of sp³-hybridized carbons (Fsp3) is 0.190. The van der Waals surface area contributed by atoms with E-state index in [2.05, 4.69) is 22.5 Å². The maximum atomic E-state index is 12.3. The van der Waals surface area contributed by atoms with Gasteiger partial charge in [0.1, 0.15) is 6.04 Å². The van der Waals surface area contributed by atoms with E-state index in [4.69, 9.17) is 10.9 Å². The molecule has 7 N–H and O–H groups in total. The molecule has 9 nitrogen and oxygen atoms in total. The van der Waals surface area contributed by atoms with Gasteiger partial charge in [-0.1, -0.05) is 24.0 Å². The first-order valence-corrected chi connectivity index (χ1v) is 8.99. The smallest absolute Gasteiger partial charge is 0.268 e. The summed E-state index contributed by atoms with van der Waals surface area (Å²) >= 11 is 0. The molecule has 2 rings (SSSR count). The second-order valence-electron chi connectivity index (χ2n) is 6.29. The molecule has 0 heterocycles. The summed E-state index contributed by atoms with van der Waals surface area (Å²) in [5.41, 5.74) is 8.73. The van der Waals surface area contributed by atoms with E-state index in [1.807, 2.05) is 0 Å². The van der Waals surface area contributed by atoms with Crippen molar-refractivity contribution in [1.82, 2.24) is 10.8 Å². The standard InChI is InChI=1S/C21H22N4O5/c1-13(26)19(21(29)25-30)24-20(28)16-10-7-14(8-11-16)6-9-15-4-2-3-5-17(15)23-18(27)12-22/h2-5,7-8,10-11,13,19,26,30H,12,22H2,1H3,(H,23,27)(H,24,28)(H,25,29)/t13-,19+/m1/s1. The van der Waals surface area contributed by atoms with E-state index in [-0.39, 0.29) is 18.0 Å². The van der Waals surface area contributed by atoms with Crippen LogP contribution in [-0.2, 0) is 9.59 Å². The summed E-state index contributed by atoms with van der Waals surface area (Å²) in [6.45, 7) is 1.17. The molecule has 0 aromatic heterocycles. The van der Waals surface area contributed by atoms with Crippen LogP contribution in [0.1, 0.15) is 28.4 Å². The van der Waals surface area contributed by atoms with Gasteiger partial charge in [0.25, 0.3) is 11.8 Å². The number of aliphatic hydroxyl groups is 1. The van der Waals surface area contributed by atoms with Crippen molar-refractivity contribution in [3.05, 3.63) is 65.2 Å². The van der Waals surface area contributed by atoms with Crippen molar-refractivity contribution in [2.75, 3.05) is 11.9 Å². The third kappa shape index (κ3) is 6.15. The molecule has 0 aliphatic heterocycles. The van der Waals surface area contributed by atoms with Gasteiger partial charge in [0.05, 0.1) is 18.3 Å². The molecule has 30 heavy (non-hydrogen) atoms. The molecule has 0 unspecified atom stereocenters. The van der Waals surface area contributed by atoms with Crippen molar-refractivity contribution in [2.24, 2.45) is 5.73 Å². The minimum absolute atomic E-state index is 0.138. The monoisotopic (exact) mass is 410 g/mol. The van der Waals surface area contributed by atoms with Crippen molar-refractivity contribution in [1.29, 1.82) is 0 Å². The summed E-state index contributed by atoms with van der Waals surface area (Å²) < 4.78 is 0. The highest BCUT2D eigenvalue weighted by Gasteiger charge is 2.25. The second-order valence-corrected chi connectivity index (χ2v) is 6.29. The van der Waals surface area contributed by atoms with Crippen LogP contribution in [0.15, 0.2) is 48.5 Å². The zero-order chi connectivity index (χ0) is 22.1. The Bertz CT molecular complexity index is 977. The van der Waals surface area contributed by atoms with E-state index in [1.54, 1.807) is 36.4 Å². The molecule has 0 fully saturated rings. The molecule has 0 aliphatic carbocycles. The van der Waals surface area contributed by atoms with Gasteiger partial charge < -0.3 is 21.5 Å². The molecular formula is C21H22N4O5. The largest absolute Gasteiger partial charge is 0.391 e. The zero-order valence-corrected chi connectivity index (χ0v) is 16.2. The van der Waals surface area contributed by atoms with Crippen LogP contribution in [0.4, 0.5) is 5.69 Å². The highest BCUT2D eigenvalue weighted by Crippen LogP contribution is 2.14. The third-order valence-electron chi connectivity index (χ3n) is 4.04. The van der Waals surface area contributed by atoms with Crippen molar-refractivity contribution in [3.63, 3.8) is 0 Å². The Labute approximate surface area is 173 Å². The second kappa shape index (κ2) is 10.7. The summed E-state index contributed by atoms with van der Waals surface area (Å²) in [7, 11) is 0.